The van der Waals surface area contributed by atoms with Gasteiger partial charge in [0.25, 0.3) is 0 Å². The van der Waals surface area contributed by atoms with Crippen LogP contribution >= 0.6 is 11.6 Å². The molecule has 1 aromatic rings. The molecule has 1 unspecified atom stereocenters. The Labute approximate surface area is 149 Å². The highest BCUT2D eigenvalue weighted by atomic mass is 35.5. The van der Waals surface area contributed by atoms with Gasteiger partial charge in [0.05, 0.1) is 29.9 Å². The normalized spacial score (nSPS) is 21.9. The van der Waals surface area contributed by atoms with E-state index in [1.165, 1.54) is 0 Å². The molecule has 0 aliphatic carbocycles. The van der Waals surface area contributed by atoms with Gasteiger partial charge in [0, 0.05) is 5.56 Å². The monoisotopic (exact) mass is 354 g/mol. The second-order valence-electron chi connectivity index (χ2n) is 7.51. The van der Waals surface area contributed by atoms with Gasteiger partial charge in [-0.3, -0.25) is 4.90 Å². The molecule has 1 aliphatic heterocycles. The van der Waals surface area contributed by atoms with Crippen LogP contribution in [0.2, 0.25) is 5.02 Å². The molecule has 1 heterocycles. The molecule has 0 spiro atoms. The van der Waals surface area contributed by atoms with E-state index in [9.17, 15) is 4.79 Å². The van der Waals surface area contributed by atoms with Crippen LogP contribution in [0.5, 0.6) is 0 Å². The van der Waals surface area contributed by atoms with Gasteiger partial charge < -0.3 is 15.2 Å². The summed E-state index contributed by atoms with van der Waals surface area (Å²) >= 11 is 6.11. The number of nitrogen functional groups attached to an aromatic ring is 1. The summed E-state index contributed by atoms with van der Waals surface area (Å²) in [6, 6.07) is 5.43. The van der Waals surface area contributed by atoms with E-state index in [1.54, 1.807) is 11.0 Å². The average Bonchev–Trinajstić information content (AvgIpc) is 2.47. The lowest BCUT2D eigenvalue weighted by Gasteiger charge is -2.42. The Morgan fingerprint density at radius 3 is 2.67 bits per heavy atom. The summed E-state index contributed by atoms with van der Waals surface area (Å²) in [4.78, 5) is 14.4. The maximum atomic E-state index is 12.6. The van der Waals surface area contributed by atoms with E-state index < -0.39 is 5.60 Å². The fourth-order valence-corrected chi connectivity index (χ4v) is 2.96. The molecule has 0 radical (unpaired) electrons. The molecule has 2 N–H and O–H groups in total. The number of benzene rings is 1. The van der Waals surface area contributed by atoms with Crippen molar-refractivity contribution in [1.82, 2.24) is 4.90 Å². The summed E-state index contributed by atoms with van der Waals surface area (Å²) in [5.74, 6) is 0.259. The Hall–Kier alpha value is -1.46. The first kappa shape index (κ1) is 18.9. The average molecular weight is 355 g/mol. The first-order valence-electron chi connectivity index (χ1n) is 8.25. The smallest absolute Gasteiger partial charge is 0.410 e. The van der Waals surface area contributed by atoms with E-state index in [4.69, 9.17) is 26.8 Å². The molecule has 1 aliphatic rings. The molecule has 0 bridgehead atoms. The van der Waals surface area contributed by atoms with E-state index in [0.29, 0.717) is 23.9 Å². The van der Waals surface area contributed by atoms with Gasteiger partial charge in [0.2, 0.25) is 0 Å². The molecule has 6 heteroatoms. The van der Waals surface area contributed by atoms with Gasteiger partial charge >= 0.3 is 6.09 Å². The maximum absolute atomic E-state index is 12.6. The van der Waals surface area contributed by atoms with E-state index in [1.807, 2.05) is 32.9 Å². The highest BCUT2D eigenvalue weighted by molar-refractivity contribution is 6.33. The summed E-state index contributed by atoms with van der Waals surface area (Å²) in [5, 5.41) is 0.492. The number of rotatable bonds is 2. The molecule has 1 aromatic carbocycles. The number of ether oxygens (including phenoxy) is 2. The number of carbonyl (C=O) groups is 1. The molecule has 134 valence electrons. The number of anilines is 1. The van der Waals surface area contributed by atoms with Crippen LogP contribution < -0.4 is 5.73 Å². The minimum atomic E-state index is -0.540. The number of halogens is 1. The maximum Gasteiger partial charge on any atom is 0.410 e. The van der Waals surface area contributed by atoms with E-state index >= 15 is 0 Å². The number of hydrogen-bond donors (Lipinski definition) is 1. The first-order valence-corrected chi connectivity index (χ1v) is 8.63. The summed E-state index contributed by atoms with van der Waals surface area (Å²) in [5.41, 5.74) is 6.84. The lowest BCUT2D eigenvalue weighted by Crippen LogP contribution is -2.53. The van der Waals surface area contributed by atoms with E-state index in [-0.39, 0.29) is 24.2 Å². The summed E-state index contributed by atoms with van der Waals surface area (Å²) in [7, 11) is 0. The van der Waals surface area contributed by atoms with Crippen molar-refractivity contribution in [3.05, 3.63) is 28.8 Å². The number of hydrogen-bond acceptors (Lipinski definition) is 4. The second kappa shape index (κ2) is 7.19. The summed E-state index contributed by atoms with van der Waals surface area (Å²) in [6.45, 7) is 10.6. The van der Waals surface area contributed by atoms with Gasteiger partial charge in [-0.25, -0.2) is 4.79 Å². The van der Waals surface area contributed by atoms with Gasteiger partial charge in [-0.2, -0.15) is 0 Å². The van der Waals surface area contributed by atoms with Crippen molar-refractivity contribution < 1.29 is 14.3 Å². The molecule has 5 nitrogen and oxygen atoms in total. The highest BCUT2D eigenvalue weighted by Crippen LogP contribution is 2.34. The van der Waals surface area contributed by atoms with Crippen LogP contribution in [-0.4, -0.2) is 35.8 Å². The Kier molecular flexibility index (Phi) is 5.66. The molecule has 2 atom stereocenters. The molecule has 2 rings (SSSR count). The van der Waals surface area contributed by atoms with Crippen molar-refractivity contribution >= 4 is 23.4 Å². The highest BCUT2D eigenvalue weighted by Gasteiger charge is 2.37. The zero-order valence-electron chi connectivity index (χ0n) is 15.0. The van der Waals surface area contributed by atoms with Crippen LogP contribution in [0, 0.1) is 5.92 Å². The minimum Gasteiger partial charge on any atom is -0.444 e. The van der Waals surface area contributed by atoms with Crippen molar-refractivity contribution in [3.63, 3.8) is 0 Å². The lowest BCUT2D eigenvalue weighted by atomic mass is 9.98. The van der Waals surface area contributed by atoms with Crippen LogP contribution in [0.15, 0.2) is 18.2 Å². The molecule has 24 heavy (non-hydrogen) atoms. The summed E-state index contributed by atoms with van der Waals surface area (Å²) in [6.07, 6.45) is -0.638. The van der Waals surface area contributed by atoms with Gasteiger partial charge in [0.15, 0.2) is 0 Å². The molecular weight excluding hydrogens is 328 g/mol. The van der Waals surface area contributed by atoms with Gasteiger partial charge in [-0.1, -0.05) is 37.6 Å². The van der Waals surface area contributed by atoms with E-state index in [2.05, 4.69) is 13.8 Å². The van der Waals surface area contributed by atoms with Crippen molar-refractivity contribution in [2.24, 2.45) is 5.92 Å². The first-order chi connectivity index (χ1) is 11.1. The molecule has 1 amide bonds. The number of carbonyl (C=O) groups excluding carboxylic acids is 1. The third-order valence-corrected chi connectivity index (χ3v) is 4.39. The molecule has 1 saturated heterocycles. The third kappa shape index (κ3) is 4.33. The molecule has 0 saturated carbocycles. The van der Waals surface area contributed by atoms with Crippen molar-refractivity contribution in [2.45, 2.75) is 52.4 Å². The number of nitrogens with two attached hydrogens (primary N) is 1. The van der Waals surface area contributed by atoms with Crippen molar-refractivity contribution in [2.75, 3.05) is 18.9 Å². The van der Waals surface area contributed by atoms with Gasteiger partial charge in [-0.05, 0) is 32.8 Å². The summed E-state index contributed by atoms with van der Waals surface area (Å²) < 4.78 is 11.6. The van der Waals surface area contributed by atoms with Crippen LogP contribution in [0.4, 0.5) is 10.5 Å². The standard InChI is InChI=1S/C18H27ClN2O3/c1-11(2)14-10-23-15(12-7-6-8-13(19)16(12)20)9-21(14)17(22)24-18(3,4)5/h6-8,11,14-15H,9-10,20H2,1-5H3/t14-,15?/m0/s1. The lowest BCUT2D eigenvalue weighted by molar-refractivity contribution is -0.0812. The van der Waals surface area contributed by atoms with Crippen LogP contribution in [0.3, 0.4) is 0 Å². The van der Waals surface area contributed by atoms with Crippen molar-refractivity contribution in [1.29, 1.82) is 0 Å². The van der Waals surface area contributed by atoms with Crippen LogP contribution in [0.1, 0.15) is 46.3 Å². The Morgan fingerprint density at radius 1 is 1.42 bits per heavy atom. The molecule has 1 fully saturated rings. The number of amides is 1. The Bertz CT molecular complexity index is 598. The Balaban J connectivity index is 2.25. The van der Waals surface area contributed by atoms with Crippen molar-refractivity contribution in [3.8, 4) is 0 Å². The Morgan fingerprint density at radius 2 is 2.08 bits per heavy atom. The number of nitrogens with zero attached hydrogens (tertiary/aromatic N) is 1. The topological polar surface area (TPSA) is 64.8 Å². The predicted molar refractivity (Wildman–Crippen MR) is 96.1 cm³/mol. The van der Waals surface area contributed by atoms with Gasteiger partial charge in [0.1, 0.15) is 11.7 Å². The predicted octanol–water partition coefficient (Wildman–Crippen LogP) is 4.26. The number of morpholine rings is 1. The number of para-hydroxylation sites is 1. The SMILES string of the molecule is CC(C)[C@@H]1COC(c2cccc(Cl)c2N)CN1C(=O)OC(C)(C)C. The molecular formula is C18H27ClN2O3. The van der Waals surface area contributed by atoms with Crippen LogP contribution in [0.25, 0.3) is 0 Å². The fourth-order valence-electron chi connectivity index (χ4n) is 2.78. The quantitative estimate of drug-likeness (QED) is 0.806. The van der Waals surface area contributed by atoms with E-state index in [0.717, 1.165) is 5.56 Å². The third-order valence-electron chi connectivity index (χ3n) is 4.06. The van der Waals surface area contributed by atoms with Gasteiger partial charge in [-0.15, -0.1) is 0 Å². The second-order valence-corrected chi connectivity index (χ2v) is 7.92. The minimum absolute atomic E-state index is 0.0310. The zero-order valence-corrected chi connectivity index (χ0v) is 15.8. The largest absolute Gasteiger partial charge is 0.444 e. The zero-order chi connectivity index (χ0) is 18.1. The van der Waals surface area contributed by atoms with Crippen LogP contribution in [-0.2, 0) is 9.47 Å². The fraction of sp³-hybridized carbons (Fsp3) is 0.611. The molecule has 0 aromatic heterocycles.